The smallest absolute Gasteiger partial charge is 0.244 e. The molecule has 1 N–H and O–H groups in total. The number of sulfonamides is 1. The van der Waals surface area contributed by atoms with E-state index in [-0.39, 0.29) is 19.0 Å². The van der Waals surface area contributed by atoms with E-state index in [4.69, 9.17) is 0 Å². The molecule has 174 valence electrons. The summed E-state index contributed by atoms with van der Waals surface area (Å²) in [6.07, 6.45) is 2.31. The van der Waals surface area contributed by atoms with Crippen molar-refractivity contribution in [2.75, 3.05) is 24.2 Å². The maximum atomic E-state index is 13.4. The molecule has 8 heteroatoms. The minimum atomic E-state index is -3.72. The van der Waals surface area contributed by atoms with Gasteiger partial charge in [0.15, 0.2) is 0 Å². The standard InChI is InChI=1S/C24H33N3O4S/c1-6-19-11-13-21(14-12-19)27(32(5,30)31)17-23(28)26(22(7-2)24(29)25-4)16-20-10-8-9-18(3)15-20/h8-15,22H,6-7,16-17H2,1-5H3,(H,25,29)/t22-/m1/s1. The summed E-state index contributed by atoms with van der Waals surface area (Å²) < 4.78 is 26.2. The maximum absolute atomic E-state index is 13.4. The van der Waals surface area contributed by atoms with Gasteiger partial charge in [-0.25, -0.2) is 8.42 Å². The Morgan fingerprint density at radius 3 is 2.19 bits per heavy atom. The number of likely N-dealkylation sites (N-methyl/N-ethyl adjacent to an activating group) is 1. The largest absolute Gasteiger partial charge is 0.357 e. The first-order valence-corrected chi connectivity index (χ1v) is 12.6. The lowest BCUT2D eigenvalue weighted by molar-refractivity contribution is -0.140. The van der Waals surface area contributed by atoms with Crippen LogP contribution in [0.4, 0.5) is 5.69 Å². The number of anilines is 1. The number of rotatable bonds is 10. The van der Waals surface area contributed by atoms with Gasteiger partial charge >= 0.3 is 0 Å². The van der Waals surface area contributed by atoms with Crippen molar-refractivity contribution in [3.8, 4) is 0 Å². The third-order valence-corrected chi connectivity index (χ3v) is 6.52. The minimum absolute atomic E-state index is 0.207. The molecule has 0 aliphatic heterocycles. The Morgan fingerprint density at radius 1 is 1.03 bits per heavy atom. The van der Waals surface area contributed by atoms with E-state index in [2.05, 4.69) is 5.32 Å². The molecule has 0 aliphatic carbocycles. The molecule has 0 aromatic heterocycles. The molecule has 0 saturated carbocycles. The average Bonchev–Trinajstić information content (AvgIpc) is 2.76. The highest BCUT2D eigenvalue weighted by molar-refractivity contribution is 7.92. The molecule has 2 amide bonds. The molecule has 0 saturated heterocycles. The van der Waals surface area contributed by atoms with Gasteiger partial charge in [-0.1, -0.05) is 55.8 Å². The van der Waals surface area contributed by atoms with Crippen LogP contribution in [0.3, 0.4) is 0 Å². The van der Waals surface area contributed by atoms with Gasteiger partial charge in [0.1, 0.15) is 12.6 Å². The normalized spacial score (nSPS) is 12.2. The first kappa shape index (κ1) is 25.4. The highest BCUT2D eigenvalue weighted by Gasteiger charge is 2.31. The van der Waals surface area contributed by atoms with Gasteiger partial charge in [0.25, 0.3) is 0 Å². The van der Waals surface area contributed by atoms with Crippen molar-refractivity contribution in [3.63, 3.8) is 0 Å². The van der Waals surface area contributed by atoms with Gasteiger partial charge in [-0.05, 0) is 43.0 Å². The number of benzene rings is 2. The maximum Gasteiger partial charge on any atom is 0.244 e. The van der Waals surface area contributed by atoms with Gasteiger partial charge in [-0.15, -0.1) is 0 Å². The quantitative estimate of drug-likeness (QED) is 0.592. The number of nitrogens with zero attached hydrogens (tertiary/aromatic N) is 2. The summed E-state index contributed by atoms with van der Waals surface area (Å²) in [7, 11) is -2.19. The van der Waals surface area contributed by atoms with Crippen LogP contribution in [0.25, 0.3) is 0 Å². The van der Waals surface area contributed by atoms with E-state index in [0.717, 1.165) is 33.7 Å². The molecule has 7 nitrogen and oxygen atoms in total. The fourth-order valence-corrected chi connectivity index (χ4v) is 4.45. The molecule has 0 radical (unpaired) electrons. The SMILES string of the molecule is CCc1ccc(N(CC(=O)N(Cc2cccc(C)c2)[C@H](CC)C(=O)NC)S(C)(=O)=O)cc1. The van der Waals surface area contributed by atoms with Crippen LogP contribution in [0, 0.1) is 6.92 Å². The second-order valence-corrected chi connectivity index (χ2v) is 9.75. The number of amides is 2. The van der Waals surface area contributed by atoms with Crippen molar-refractivity contribution in [1.29, 1.82) is 0 Å². The number of carbonyl (C=O) groups is 2. The molecular formula is C24H33N3O4S. The molecule has 2 aromatic carbocycles. The van der Waals surface area contributed by atoms with Crippen molar-refractivity contribution >= 4 is 27.5 Å². The zero-order valence-corrected chi connectivity index (χ0v) is 20.3. The van der Waals surface area contributed by atoms with Crippen molar-refractivity contribution in [2.45, 2.75) is 46.2 Å². The number of carbonyl (C=O) groups excluding carboxylic acids is 2. The summed E-state index contributed by atoms with van der Waals surface area (Å²) in [6.45, 7) is 5.62. The van der Waals surface area contributed by atoms with E-state index in [1.54, 1.807) is 12.1 Å². The third kappa shape index (κ3) is 6.56. The lowest BCUT2D eigenvalue weighted by atomic mass is 10.1. The van der Waals surface area contributed by atoms with Gasteiger partial charge in [0, 0.05) is 13.6 Å². The number of hydrogen-bond donors (Lipinski definition) is 1. The molecule has 0 heterocycles. The fourth-order valence-electron chi connectivity index (χ4n) is 3.60. The molecule has 2 aromatic rings. The molecule has 0 unspecified atom stereocenters. The number of hydrogen-bond acceptors (Lipinski definition) is 4. The number of nitrogens with one attached hydrogen (secondary N) is 1. The summed E-state index contributed by atoms with van der Waals surface area (Å²) >= 11 is 0. The van der Waals surface area contributed by atoms with Crippen LogP contribution in [0.15, 0.2) is 48.5 Å². The zero-order chi connectivity index (χ0) is 23.9. The van der Waals surface area contributed by atoms with Crippen LogP contribution in [0.5, 0.6) is 0 Å². The number of aryl methyl sites for hydroxylation is 2. The Morgan fingerprint density at radius 2 is 1.69 bits per heavy atom. The zero-order valence-electron chi connectivity index (χ0n) is 19.5. The molecule has 0 aliphatic rings. The van der Waals surface area contributed by atoms with Crippen molar-refractivity contribution in [3.05, 3.63) is 65.2 Å². The second-order valence-electron chi connectivity index (χ2n) is 7.84. The molecule has 1 atom stereocenters. The summed E-state index contributed by atoms with van der Waals surface area (Å²) in [4.78, 5) is 27.4. The molecule has 32 heavy (non-hydrogen) atoms. The van der Waals surface area contributed by atoms with Gasteiger partial charge in [-0.3, -0.25) is 13.9 Å². The van der Waals surface area contributed by atoms with Crippen LogP contribution in [-0.4, -0.2) is 51.0 Å². The van der Waals surface area contributed by atoms with E-state index in [1.165, 1.54) is 11.9 Å². The Labute approximate surface area is 191 Å². The Bertz CT molecular complexity index is 1040. The van der Waals surface area contributed by atoms with Gasteiger partial charge in [-0.2, -0.15) is 0 Å². The Balaban J connectivity index is 2.41. The lowest BCUT2D eigenvalue weighted by Crippen LogP contribution is -2.51. The predicted octanol–water partition coefficient (Wildman–Crippen LogP) is 2.88. The van der Waals surface area contributed by atoms with Crippen LogP contribution >= 0.6 is 0 Å². The van der Waals surface area contributed by atoms with Gasteiger partial charge in [0.2, 0.25) is 21.8 Å². The van der Waals surface area contributed by atoms with Crippen LogP contribution in [0.2, 0.25) is 0 Å². The topological polar surface area (TPSA) is 86.8 Å². The third-order valence-electron chi connectivity index (χ3n) is 5.38. The van der Waals surface area contributed by atoms with Crippen LogP contribution in [0.1, 0.15) is 37.0 Å². The highest BCUT2D eigenvalue weighted by atomic mass is 32.2. The predicted molar refractivity (Wildman–Crippen MR) is 128 cm³/mol. The van der Waals surface area contributed by atoms with Crippen molar-refractivity contribution in [1.82, 2.24) is 10.2 Å². The van der Waals surface area contributed by atoms with E-state index >= 15 is 0 Å². The fraction of sp³-hybridized carbons (Fsp3) is 0.417. The van der Waals surface area contributed by atoms with E-state index in [9.17, 15) is 18.0 Å². The summed E-state index contributed by atoms with van der Waals surface area (Å²) in [5, 5.41) is 2.61. The molecule has 0 bridgehead atoms. The summed E-state index contributed by atoms with van der Waals surface area (Å²) in [5.41, 5.74) is 3.40. The van der Waals surface area contributed by atoms with E-state index in [1.807, 2.05) is 57.2 Å². The van der Waals surface area contributed by atoms with Crippen LogP contribution < -0.4 is 9.62 Å². The molecule has 0 spiro atoms. The van der Waals surface area contributed by atoms with E-state index in [0.29, 0.717) is 12.1 Å². The van der Waals surface area contributed by atoms with Gasteiger partial charge in [0.05, 0.1) is 11.9 Å². The summed E-state index contributed by atoms with van der Waals surface area (Å²) in [6, 6.07) is 14.1. The molecular weight excluding hydrogens is 426 g/mol. The summed E-state index contributed by atoms with van der Waals surface area (Å²) in [5.74, 6) is -0.723. The van der Waals surface area contributed by atoms with Crippen LogP contribution in [-0.2, 0) is 32.6 Å². The minimum Gasteiger partial charge on any atom is -0.357 e. The molecule has 0 fully saturated rings. The van der Waals surface area contributed by atoms with Crippen molar-refractivity contribution in [2.24, 2.45) is 0 Å². The Hall–Kier alpha value is -2.87. The van der Waals surface area contributed by atoms with Gasteiger partial charge < -0.3 is 10.2 Å². The van der Waals surface area contributed by atoms with Crippen molar-refractivity contribution < 1.29 is 18.0 Å². The second kappa shape index (κ2) is 11.1. The average molecular weight is 460 g/mol. The monoisotopic (exact) mass is 459 g/mol. The lowest BCUT2D eigenvalue weighted by Gasteiger charge is -2.32. The Kier molecular flexibility index (Phi) is 8.83. The first-order valence-electron chi connectivity index (χ1n) is 10.7. The molecule has 2 rings (SSSR count). The van der Waals surface area contributed by atoms with E-state index < -0.39 is 22.0 Å². The first-order chi connectivity index (χ1) is 15.1. The highest BCUT2D eigenvalue weighted by Crippen LogP contribution is 2.21.